The van der Waals surface area contributed by atoms with E-state index in [9.17, 15) is 9.59 Å². The summed E-state index contributed by atoms with van der Waals surface area (Å²) >= 11 is 0. The zero-order chi connectivity index (χ0) is 16.9. The van der Waals surface area contributed by atoms with Crippen LogP contribution >= 0.6 is 12.4 Å². The minimum atomic E-state index is -0.0650. The predicted octanol–water partition coefficient (Wildman–Crippen LogP) is 2.07. The van der Waals surface area contributed by atoms with Gasteiger partial charge in [-0.1, -0.05) is 25.1 Å². The van der Waals surface area contributed by atoms with E-state index in [0.29, 0.717) is 18.0 Å². The summed E-state index contributed by atoms with van der Waals surface area (Å²) in [5, 5.41) is 6.25. The van der Waals surface area contributed by atoms with Gasteiger partial charge < -0.3 is 15.5 Å². The van der Waals surface area contributed by atoms with Crippen LogP contribution in [0.1, 0.15) is 36.5 Å². The highest BCUT2D eigenvalue weighted by atomic mass is 35.5. The summed E-state index contributed by atoms with van der Waals surface area (Å²) in [5.41, 5.74) is 0.667. The first-order valence-electron chi connectivity index (χ1n) is 9.01. The van der Waals surface area contributed by atoms with Gasteiger partial charge in [0.05, 0.1) is 0 Å². The number of carbonyl (C=O) groups is 2. The molecule has 1 aromatic rings. The molecule has 0 aromatic heterocycles. The maximum atomic E-state index is 12.8. The third-order valence-corrected chi connectivity index (χ3v) is 5.35. The molecule has 0 spiro atoms. The van der Waals surface area contributed by atoms with E-state index in [-0.39, 0.29) is 36.2 Å². The highest BCUT2D eigenvalue weighted by molar-refractivity contribution is 5.94. The van der Waals surface area contributed by atoms with Crippen LogP contribution < -0.4 is 10.6 Å². The van der Waals surface area contributed by atoms with E-state index in [2.05, 4.69) is 10.6 Å². The van der Waals surface area contributed by atoms with Crippen molar-refractivity contribution >= 4 is 24.2 Å². The molecule has 25 heavy (non-hydrogen) atoms. The molecule has 2 N–H and O–H groups in total. The Morgan fingerprint density at radius 1 is 1.24 bits per heavy atom. The maximum absolute atomic E-state index is 12.8. The van der Waals surface area contributed by atoms with Crippen molar-refractivity contribution in [1.29, 1.82) is 0 Å². The van der Waals surface area contributed by atoms with E-state index < -0.39 is 0 Å². The fourth-order valence-corrected chi connectivity index (χ4v) is 3.53. The van der Waals surface area contributed by atoms with Crippen LogP contribution in [0.15, 0.2) is 30.3 Å². The van der Waals surface area contributed by atoms with Crippen LogP contribution in [0.4, 0.5) is 0 Å². The minimum absolute atomic E-state index is 0. The second-order valence-corrected chi connectivity index (χ2v) is 6.96. The Morgan fingerprint density at radius 3 is 2.60 bits per heavy atom. The van der Waals surface area contributed by atoms with Gasteiger partial charge >= 0.3 is 0 Å². The molecular weight excluding hydrogens is 338 g/mol. The summed E-state index contributed by atoms with van der Waals surface area (Å²) in [6, 6.07) is 9.36. The first kappa shape index (κ1) is 19.7. The molecule has 1 aromatic carbocycles. The molecule has 2 heterocycles. The van der Waals surface area contributed by atoms with Gasteiger partial charge in [0.2, 0.25) is 5.91 Å². The van der Waals surface area contributed by atoms with Crippen molar-refractivity contribution in [3.8, 4) is 0 Å². The van der Waals surface area contributed by atoms with Crippen molar-refractivity contribution < 1.29 is 9.59 Å². The number of hydrogen-bond donors (Lipinski definition) is 2. The SMILES string of the molecule is CC(C(=O)N1CCCCC1CNC(=O)c1ccccc1)C1CNC1.Cl. The Kier molecular flexibility index (Phi) is 7.26. The Bertz CT molecular complexity index is 577. The smallest absolute Gasteiger partial charge is 0.251 e. The predicted molar refractivity (Wildman–Crippen MR) is 101 cm³/mol. The number of piperidine rings is 1. The molecule has 2 atom stereocenters. The van der Waals surface area contributed by atoms with E-state index >= 15 is 0 Å². The van der Waals surface area contributed by atoms with Crippen molar-refractivity contribution in [2.45, 2.75) is 32.2 Å². The lowest BCUT2D eigenvalue weighted by Crippen LogP contribution is -2.55. The second-order valence-electron chi connectivity index (χ2n) is 6.96. The molecule has 0 radical (unpaired) electrons. The van der Waals surface area contributed by atoms with Crippen LogP contribution in [0.25, 0.3) is 0 Å². The largest absolute Gasteiger partial charge is 0.350 e. The maximum Gasteiger partial charge on any atom is 0.251 e. The number of rotatable bonds is 5. The molecule has 0 saturated carbocycles. The Morgan fingerprint density at radius 2 is 1.96 bits per heavy atom. The number of benzene rings is 1. The number of likely N-dealkylation sites (tertiary alicyclic amines) is 1. The summed E-state index contributed by atoms with van der Waals surface area (Å²) in [5.74, 6) is 0.709. The van der Waals surface area contributed by atoms with Crippen molar-refractivity contribution in [2.24, 2.45) is 11.8 Å². The molecule has 2 amide bonds. The standard InChI is InChI=1S/C19H27N3O2.ClH/c1-14(16-11-20-12-16)19(24)22-10-6-5-9-17(22)13-21-18(23)15-7-3-2-4-8-15;/h2-4,7-8,14,16-17,20H,5-6,9-13H2,1H3,(H,21,23);1H. The van der Waals surface area contributed by atoms with Gasteiger partial charge in [-0.3, -0.25) is 9.59 Å². The number of nitrogens with one attached hydrogen (secondary N) is 2. The van der Waals surface area contributed by atoms with Crippen molar-refractivity contribution in [1.82, 2.24) is 15.5 Å². The summed E-state index contributed by atoms with van der Waals surface area (Å²) < 4.78 is 0. The first-order chi connectivity index (χ1) is 11.7. The summed E-state index contributed by atoms with van der Waals surface area (Å²) in [6.07, 6.45) is 3.15. The van der Waals surface area contributed by atoms with Crippen LogP contribution in [0, 0.1) is 11.8 Å². The molecule has 0 aliphatic carbocycles. The second kappa shape index (κ2) is 9.20. The van der Waals surface area contributed by atoms with E-state index in [0.717, 1.165) is 38.9 Å². The van der Waals surface area contributed by atoms with Crippen LogP contribution in [-0.4, -0.2) is 48.9 Å². The minimum Gasteiger partial charge on any atom is -0.350 e. The van der Waals surface area contributed by atoms with Gasteiger partial charge in [0.25, 0.3) is 5.91 Å². The third kappa shape index (κ3) is 4.73. The summed E-state index contributed by atoms with van der Waals surface area (Å²) in [6.45, 7) is 5.28. The lowest BCUT2D eigenvalue weighted by Gasteiger charge is -2.40. The highest BCUT2D eigenvalue weighted by Gasteiger charge is 2.35. The lowest BCUT2D eigenvalue weighted by atomic mass is 9.86. The van der Waals surface area contributed by atoms with Crippen molar-refractivity contribution in [3.05, 3.63) is 35.9 Å². The van der Waals surface area contributed by atoms with Gasteiger partial charge in [0.1, 0.15) is 0 Å². The monoisotopic (exact) mass is 365 g/mol. The van der Waals surface area contributed by atoms with Crippen LogP contribution in [0.5, 0.6) is 0 Å². The topological polar surface area (TPSA) is 61.4 Å². The Balaban J connectivity index is 0.00000225. The zero-order valence-corrected chi connectivity index (χ0v) is 15.6. The van der Waals surface area contributed by atoms with Gasteiger partial charge in [0, 0.05) is 30.6 Å². The molecule has 6 heteroatoms. The molecule has 2 aliphatic heterocycles. The average Bonchev–Trinajstić information content (AvgIpc) is 2.58. The molecule has 2 unspecified atom stereocenters. The average molecular weight is 366 g/mol. The number of hydrogen-bond acceptors (Lipinski definition) is 3. The number of carbonyl (C=O) groups excluding carboxylic acids is 2. The van der Waals surface area contributed by atoms with E-state index in [1.807, 2.05) is 42.2 Å². The number of halogens is 1. The summed E-state index contributed by atoms with van der Waals surface area (Å²) in [4.78, 5) is 27.1. The van der Waals surface area contributed by atoms with Crippen molar-refractivity contribution in [3.63, 3.8) is 0 Å². The molecule has 2 saturated heterocycles. The highest BCUT2D eigenvalue weighted by Crippen LogP contribution is 2.24. The van der Waals surface area contributed by atoms with Crippen LogP contribution in [-0.2, 0) is 4.79 Å². The van der Waals surface area contributed by atoms with Crippen molar-refractivity contribution in [2.75, 3.05) is 26.2 Å². The van der Waals surface area contributed by atoms with Gasteiger partial charge in [-0.2, -0.15) is 0 Å². The van der Waals surface area contributed by atoms with Gasteiger partial charge in [-0.15, -0.1) is 12.4 Å². The Hall–Kier alpha value is -1.59. The zero-order valence-electron chi connectivity index (χ0n) is 14.7. The fraction of sp³-hybridized carbons (Fsp3) is 0.579. The fourth-order valence-electron chi connectivity index (χ4n) is 3.53. The Labute approximate surface area is 155 Å². The van der Waals surface area contributed by atoms with E-state index in [1.165, 1.54) is 0 Å². The number of amides is 2. The van der Waals surface area contributed by atoms with Gasteiger partial charge in [-0.05, 0) is 50.4 Å². The number of nitrogens with zero attached hydrogens (tertiary/aromatic N) is 1. The molecular formula is C19H28ClN3O2. The van der Waals surface area contributed by atoms with Crippen LogP contribution in [0.2, 0.25) is 0 Å². The molecule has 2 aliphatic rings. The van der Waals surface area contributed by atoms with E-state index in [4.69, 9.17) is 0 Å². The third-order valence-electron chi connectivity index (χ3n) is 5.35. The lowest BCUT2D eigenvalue weighted by molar-refractivity contribution is -0.141. The normalized spacial score (nSPS) is 21.6. The molecule has 0 bridgehead atoms. The summed E-state index contributed by atoms with van der Waals surface area (Å²) in [7, 11) is 0. The first-order valence-corrected chi connectivity index (χ1v) is 9.01. The van der Waals surface area contributed by atoms with Gasteiger partial charge in [0.15, 0.2) is 0 Å². The van der Waals surface area contributed by atoms with Crippen LogP contribution in [0.3, 0.4) is 0 Å². The van der Waals surface area contributed by atoms with Gasteiger partial charge in [-0.25, -0.2) is 0 Å². The molecule has 5 nitrogen and oxygen atoms in total. The molecule has 2 fully saturated rings. The molecule has 138 valence electrons. The molecule has 3 rings (SSSR count). The quantitative estimate of drug-likeness (QED) is 0.839. The van der Waals surface area contributed by atoms with E-state index in [1.54, 1.807) is 0 Å².